The molecular formula is C27H31N3O5S. The molecular weight excluding hydrogens is 478 g/mol. The second-order valence-corrected chi connectivity index (χ2v) is 10.3. The van der Waals surface area contributed by atoms with Crippen molar-refractivity contribution >= 4 is 27.3 Å². The number of amides is 1. The fourth-order valence-corrected chi connectivity index (χ4v) is 5.77. The lowest BCUT2D eigenvalue weighted by Crippen LogP contribution is -2.41. The van der Waals surface area contributed by atoms with Gasteiger partial charge in [0.25, 0.3) is 10.0 Å². The zero-order valence-corrected chi connectivity index (χ0v) is 21.3. The molecule has 190 valence electrons. The highest BCUT2D eigenvalue weighted by atomic mass is 32.2. The minimum Gasteiger partial charge on any atom is -0.493 e. The van der Waals surface area contributed by atoms with E-state index in [0.717, 1.165) is 30.2 Å². The van der Waals surface area contributed by atoms with Crippen molar-refractivity contribution in [3.63, 3.8) is 0 Å². The average molecular weight is 510 g/mol. The van der Waals surface area contributed by atoms with Crippen molar-refractivity contribution in [3.05, 3.63) is 78.4 Å². The van der Waals surface area contributed by atoms with Gasteiger partial charge in [0.05, 0.1) is 24.8 Å². The summed E-state index contributed by atoms with van der Waals surface area (Å²) >= 11 is 0. The summed E-state index contributed by atoms with van der Waals surface area (Å²) in [7, 11) is -1.02. The fraction of sp³-hybridized carbons (Fsp3) is 0.296. The first kappa shape index (κ1) is 25.4. The minimum atomic E-state index is -4.00. The Morgan fingerprint density at radius 1 is 0.972 bits per heavy atom. The van der Waals surface area contributed by atoms with Gasteiger partial charge in [-0.15, -0.1) is 0 Å². The van der Waals surface area contributed by atoms with Crippen LogP contribution in [0.15, 0.2) is 77.7 Å². The van der Waals surface area contributed by atoms with E-state index in [1.807, 2.05) is 6.07 Å². The maximum absolute atomic E-state index is 13.5. The number of methoxy groups -OCH3 is 2. The summed E-state index contributed by atoms with van der Waals surface area (Å²) in [5, 5.41) is 2.88. The van der Waals surface area contributed by atoms with Crippen LogP contribution in [0.2, 0.25) is 0 Å². The van der Waals surface area contributed by atoms with Crippen LogP contribution in [0.5, 0.6) is 11.5 Å². The van der Waals surface area contributed by atoms with Crippen LogP contribution in [-0.4, -0.2) is 54.7 Å². The molecule has 36 heavy (non-hydrogen) atoms. The standard InChI is InChI=1S/C27H31N3O5S/c1-34-25-14-13-22(19-26(25)35-2)30(36(32,33)23-10-4-3-5-11-23)20-27(31)28-16-8-17-29-18-15-21-9-6-7-12-24(21)29/h3-7,9-14,19H,8,15-18,20H2,1-2H3,(H,28,31). The van der Waals surface area contributed by atoms with Gasteiger partial charge in [-0.25, -0.2) is 8.42 Å². The van der Waals surface area contributed by atoms with Gasteiger partial charge in [-0.05, 0) is 48.7 Å². The summed E-state index contributed by atoms with van der Waals surface area (Å²) in [4.78, 5) is 15.3. The van der Waals surface area contributed by atoms with Crippen molar-refractivity contribution in [2.45, 2.75) is 17.7 Å². The lowest BCUT2D eigenvalue weighted by molar-refractivity contribution is -0.119. The highest BCUT2D eigenvalue weighted by molar-refractivity contribution is 7.92. The predicted octanol–water partition coefficient (Wildman–Crippen LogP) is 3.47. The highest BCUT2D eigenvalue weighted by Crippen LogP contribution is 2.33. The molecule has 1 aliphatic rings. The summed E-state index contributed by atoms with van der Waals surface area (Å²) in [5.41, 5.74) is 2.90. The molecule has 0 fully saturated rings. The van der Waals surface area contributed by atoms with Crippen LogP contribution in [-0.2, 0) is 21.2 Å². The first-order valence-corrected chi connectivity index (χ1v) is 13.3. The Balaban J connectivity index is 1.45. The quantitative estimate of drug-likeness (QED) is 0.398. The number of nitrogens with one attached hydrogen (secondary N) is 1. The lowest BCUT2D eigenvalue weighted by atomic mass is 10.2. The smallest absolute Gasteiger partial charge is 0.264 e. The van der Waals surface area contributed by atoms with E-state index in [0.29, 0.717) is 23.7 Å². The van der Waals surface area contributed by atoms with Gasteiger partial charge in [0.15, 0.2) is 11.5 Å². The van der Waals surface area contributed by atoms with E-state index >= 15 is 0 Å². The van der Waals surface area contributed by atoms with E-state index in [-0.39, 0.29) is 17.3 Å². The summed E-state index contributed by atoms with van der Waals surface area (Å²) in [5.74, 6) is 0.451. The van der Waals surface area contributed by atoms with E-state index in [1.165, 1.54) is 37.6 Å². The second kappa shape index (κ2) is 11.3. The van der Waals surface area contributed by atoms with Gasteiger partial charge in [0, 0.05) is 31.4 Å². The molecule has 0 bridgehead atoms. The number of anilines is 2. The number of para-hydroxylation sites is 1. The van der Waals surface area contributed by atoms with Crippen molar-refractivity contribution in [1.29, 1.82) is 0 Å². The van der Waals surface area contributed by atoms with Gasteiger partial charge >= 0.3 is 0 Å². The van der Waals surface area contributed by atoms with E-state index in [9.17, 15) is 13.2 Å². The minimum absolute atomic E-state index is 0.0975. The number of fused-ring (bicyclic) bond motifs is 1. The predicted molar refractivity (Wildman–Crippen MR) is 141 cm³/mol. The molecule has 3 aromatic rings. The normalized spacial score (nSPS) is 12.7. The Hall–Kier alpha value is -3.72. The third kappa shape index (κ3) is 5.57. The van der Waals surface area contributed by atoms with Gasteiger partial charge in [-0.1, -0.05) is 36.4 Å². The van der Waals surface area contributed by atoms with Crippen LogP contribution < -0.4 is 24.0 Å². The third-order valence-corrected chi connectivity index (χ3v) is 7.97. The number of benzene rings is 3. The van der Waals surface area contributed by atoms with Gasteiger partial charge in [-0.2, -0.15) is 0 Å². The number of ether oxygens (including phenoxy) is 2. The Morgan fingerprint density at radius 3 is 2.44 bits per heavy atom. The van der Waals surface area contributed by atoms with Crippen LogP contribution in [0.3, 0.4) is 0 Å². The van der Waals surface area contributed by atoms with Crippen molar-refractivity contribution in [3.8, 4) is 11.5 Å². The van der Waals surface area contributed by atoms with Crippen LogP contribution in [0, 0.1) is 0 Å². The van der Waals surface area contributed by atoms with Crippen molar-refractivity contribution in [1.82, 2.24) is 5.32 Å². The molecule has 1 aliphatic heterocycles. The molecule has 9 heteroatoms. The molecule has 8 nitrogen and oxygen atoms in total. The fourth-order valence-electron chi connectivity index (χ4n) is 4.34. The maximum atomic E-state index is 13.5. The maximum Gasteiger partial charge on any atom is 0.264 e. The van der Waals surface area contributed by atoms with Crippen molar-refractivity contribution in [2.75, 3.05) is 49.6 Å². The number of nitrogens with zero attached hydrogens (tertiary/aromatic N) is 2. The molecule has 0 aromatic heterocycles. The summed E-state index contributed by atoms with van der Waals surface area (Å²) in [6.07, 6.45) is 1.78. The summed E-state index contributed by atoms with van der Waals surface area (Å²) < 4.78 is 38.7. The Labute approximate surface area is 212 Å². The van der Waals surface area contributed by atoms with Gasteiger partial charge < -0.3 is 19.7 Å². The largest absolute Gasteiger partial charge is 0.493 e. The van der Waals surface area contributed by atoms with Gasteiger partial charge in [0.1, 0.15) is 6.54 Å². The van der Waals surface area contributed by atoms with E-state index in [2.05, 4.69) is 28.4 Å². The summed E-state index contributed by atoms with van der Waals surface area (Å²) in [6.45, 7) is 1.87. The first-order chi connectivity index (χ1) is 17.4. The zero-order valence-electron chi connectivity index (χ0n) is 20.5. The average Bonchev–Trinajstić information content (AvgIpc) is 3.32. The summed E-state index contributed by atoms with van der Waals surface area (Å²) in [6, 6.07) is 21.2. The van der Waals surface area contributed by atoms with Gasteiger partial charge in [-0.3, -0.25) is 9.10 Å². The second-order valence-electron chi connectivity index (χ2n) is 8.43. The molecule has 0 spiro atoms. The molecule has 0 saturated heterocycles. The highest BCUT2D eigenvalue weighted by Gasteiger charge is 2.28. The zero-order chi connectivity index (χ0) is 25.5. The molecule has 0 aliphatic carbocycles. The van der Waals surface area contributed by atoms with E-state index in [1.54, 1.807) is 36.4 Å². The molecule has 0 radical (unpaired) electrons. The lowest BCUT2D eigenvalue weighted by Gasteiger charge is -2.25. The number of hydrogen-bond acceptors (Lipinski definition) is 6. The molecule has 0 unspecified atom stereocenters. The van der Waals surface area contributed by atoms with E-state index in [4.69, 9.17) is 9.47 Å². The third-order valence-electron chi connectivity index (χ3n) is 6.18. The number of rotatable bonds is 11. The number of carbonyl (C=O) groups is 1. The number of sulfonamides is 1. The SMILES string of the molecule is COc1ccc(N(CC(=O)NCCCN2CCc3ccccc32)S(=O)(=O)c2ccccc2)cc1OC. The van der Waals surface area contributed by atoms with Crippen LogP contribution in [0.25, 0.3) is 0 Å². The van der Waals surface area contributed by atoms with Gasteiger partial charge in [0.2, 0.25) is 5.91 Å². The Morgan fingerprint density at radius 2 is 1.69 bits per heavy atom. The molecule has 4 rings (SSSR count). The molecule has 0 atom stereocenters. The molecule has 1 N–H and O–H groups in total. The van der Waals surface area contributed by atoms with Crippen molar-refractivity contribution < 1.29 is 22.7 Å². The first-order valence-electron chi connectivity index (χ1n) is 11.8. The topological polar surface area (TPSA) is 88.2 Å². The number of carbonyl (C=O) groups excluding carboxylic acids is 1. The monoisotopic (exact) mass is 509 g/mol. The van der Waals surface area contributed by atoms with E-state index < -0.39 is 10.0 Å². The van der Waals surface area contributed by atoms with Crippen LogP contribution >= 0.6 is 0 Å². The molecule has 1 amide bonds. The molecule has 0 saturated carbocycles. The number of hydrogen-bond donors (Lipinski definition) is 1. The van der Waals surface area contributed by atoms with Crippen LogP contribution in [0.1, 0.15) is 12.0 Å². The molecule has 1 heterocycles. The van der Waals surface area contributed by atoms with Crippen molar-refractivity contribution in [2.24, 2.45) is 0 Å². The molecule has 3 aromatic carbocycles. The Kier molecular flexibility index (Phi) is 8.00. The Bertz CT molecular complexity index is 1300. The van der Waals surface area contributed by atoms with Crippen LogP contribution in [0.4, 0.5) is 11.4 Å².